The quantitative estimate of drug-likeness (QED) is 0.724. The van der Waals surface area contributed by atoms with E-state index in [-0.39, 0.29) is 5.92 Å². The number of sulfone groups is 1. The van der Waals surface area contributed by atoms with Gasteiger partial charge in [-0.1, -0.05) is 29.8 Å². The van der Waals surface area contributed by atoms with Gasteiger partial charge < -0.3 is 0 Å². The molecule has 0 radical (unpaired) electrons. The van der Waals surface area contributed by atoms with Gasteiger partial charge in [0.1, 0.15) is 12.2 Å². The maximum Gasteiger partial charge on any atom is 0.150 e. The van der Waals surface area contributed by atoms with E-state index in [9.17, 15) is 8.42 Å². The zero-order valence-corrected chi connectivity index (χ0v) is 14.4. The fraction of sp³-hybridized carbons (Fsp3) is 0.846. The molecule has 0 N–H and O–H groups in total. The lowest BCUT2D eigenvalue weighted by Crippen LogP contribution is -2.22. The van der Waals surface area contributed by atoms with Crippen LogP contribution in [0.3, 0.4) is 0 Å². The summed E-state index contributed by atoms with van der Waals surface area (Å²) in [5, 5.41) is 5.08. The molecule has 1 aromatic rings. The normalized spacial score (nSPS) is 23.3. The Morgan fingerprint density at radius 3 is 2.80 bits per heavy atom. The van der Waals surface area contributed by atoms with E-state index < -0.39 is 9.84 Å². The molecule has 2 heterocycles. The van der Waals surface area contributed by atoms with Crippen LogP contribution >= 0.6 is 15.9 Å². The average Bonchev–Trinajstić information content (AvgIpc) is 2.92. The minimum atomic E-state index is -2.82. The summed E-state index contributed by atoms with van der Waals surface area (Å²) in [6.07, 6.45) is 3.16. The fourth-order valence-corrected chi connectivity index (χ4v) is 5.40. The van der Waals surface area contributed by atoms with Gasteiger partial charge in [-0.25, -0.2) is 18.1 Å². The van der Waals surface area contributed by atoms with E-state index in [2.05, 4.69) is 39.9 Å². The van der Waals surface area contributed by atoms with Crippen molar-refractivity contribution in [1.82, 2.24) is 14.8 Å². The molecule has 1 fully saturated rings. The second kappa shape index (κ2) is 6.56. The molecule has 114 valence electrons. The first-order chi connectivity index (χ1) is 9.41. The smallest absolute Gasteiger partial charge is 0.150 e. The molecule has 1 aliphatic heterocycles. The standard InChI is InChI=1S/C13H22BrN3O2S/c1-10(2)7-17-13(15-9-16-17)5-12(6-14)11-3-4-20(18,19)8-11/h9-12H,3-8H2,1-2H3. The van der Waals surface area contributed by atoms with Crippen LogP contribution in [0.5, 0.6) is 0 Å². The number of hydrogen-bond donors (Lipinski definition) is 0. The Kier molecular flexibility index (Phi) is 5.23. The molecule has 0 aromatic carbocycles. The van der Waals surface area contributed by atoms with E-state index in [1.54, 1.807) is 6.33 Å². The van der Waals surface area contributed by atoms with E-state index in [0.29, 0.717) is 23.3 Å². The number of hydrogen-bond acceptors (Lipinski definition) is 4. The van der Waals surface area contributed by atoms with Crippen molar-refractivity contribution >= 4 is 25.8 Å². The third kappa shape index (κ3) is 4.04. The molecule has 0 bridgehead atoms. The van der Waals surface area contributed by atoms with Crippen molar-refractivity contribution < 1.29 is 8.42 Å². The first kappa shape index (κ1) is 15.9. The summed E-state index contributed by atoms with van der Waals surface area (Å²) in [6.45, 7) is 5.15. The zero-order chi connectivity index (χ0) is 14.8. The molecule has 0 aliphatic carbocycles. The summed E-state index contributed by atoms with van der Waals surface area (Å²) < 4.78 is 25.2. The molecule has 2 atom stereocenters. The van der Waals surface area contributed by atoms with Gasteiger partial charge in [-0.2, -0.15) is 5.10 Å². The van der Waals surface area contributed by atoms with Crippen LogP contribution in [0, 0.1) is 17.8 Å². The highest BCUT2D eigenvalue weighted by atomic mass is 79.9. The van der Waals surface area contributed by atoms with E-state index in [0.717, 1.165) is 30.5 Å². The molecule has 2 unspecified atom stereocenters. The van der Waals surface area contributed by atoms with Gasteiger partial charge >= 0.3 is 0 Å². The van der Waals surface area contributed by atoms with Gasteiger partial charge in [-0.15, -0.1) is 0 Å². The van der Waals surface area contributed by atoms with Crippen LogP contribution in [0.2, 0.25) is 0 Å². The predicted octanol–water partition coefficient (Wildman–Crippen LogP) is 1.92. The first-order valence-corrected chi connectivity index (χ1v) is 9.98. The highest BCUT2D eigenvalue weighted by molar-refractivity contribution is 9.09. The van der Waals surface area contributed by atoms with Crippen LogP contribution in [0.25, 0.3) is 0 Å². The number of alkyl halides is 1. The molecule has 1 aromatic heterocycles. The zero-order valence-electron chi connectivity index (χ0n) is 12.0. The van der Waals surface area contributed by atoms with Crippen LogP contribution in [-0.2, 0) is 22.8 Å². The third-order valence-corrected chi connectivity index (χ3v) is 6.44. The van der Waals surface area contributed by atoms with Crippen molar-refractivity contribution in [2.45, 2.75) is 33.2 Å². The molecule has 20 heavy (non-hydrogen) atoms. The molecule has 0 spiro atoms. The van der Waals surface area contributed by atoms with E-state index in [1.807, 2.05) is 4.68 Å². The molecule has 1 saturated heterocycles. The van der Waals surface area contributed by atoms with Gasteiger partial charge in [0.15, 0.2) is 9.84 Å². The maximum absolute atomic E-state index is 11.6. The molecule has 0 saturated carbocycles. The number of halogens is 1. The Labute approximate surface area is 129 Å². The van der Waals surface area contributed by atoms with Crippen LogP contribution in [0.15, 0.2) is 6.33 Å². The van der Waals surface area contributed by atoms with Crippen molar-refractivity contribution in [3.63, 3.8) is 0 Å². The van der Waals surface area contributed by atoms with Crippen LogP contribution < -0.4 is 0 Å². The monoisotopic (exact) mass is 363 g/mol. The van der Waals surface area contributed by atoms with Gasteiger partial charge in [0, 0.05) is 18.3 Å². The molecule has 1 aliphatic rings. The molecule has 0 amide bonds. The van der Waals surface area contributed by atoms with Gasteiger partial charge in [0.25, 0.3) is 0 Å². The van der Waals surface area contributed by atoms with Crippen molar-refractivity contribution in [2.24, 2.45) is 17.8 Å². The Bertz CT molecular complexity index is 542. The summed E-state index contributed by atoms with van der Waals surface area (Å²) >= 11 is 3.53. The Hall–Kier alpha value is -0.430. The number of nitrogens with zero attached hydrogens (tertiary/aromatic N) is 3. The lowest BCUT2D eigenvalue weighted by atomic mass is 9.90. The average molecular weight is 364 g/mol. The number of aromatic nitrogens is 3. The van der Waals surface area contributed by atoms with Crippen LogP contribution in [0.1, 0.15) is 26.1 Å². The second-order valence-electron chi connectivity index (χ2n) is 6.03. The van der Waals surface area contributed by atoms with E-state index in [1.165, 1.54) is 0 Å². The van der Waals surface area contributed by atoms with Crippen LogP contribution in [-0.4, -0.2) is 40.0 Å². The minimum Gasteiger partial charge on any atom is -0.250 e. The topological polar surface area (TPSA) is 64.8 Å². The highest BCUT2D eigenvalue weighted by Gasteiger charge is 2.33. The lowest BCUT2D eigenvalue weighted by molar-refractivity contribution is 0.377. The summed E-state index contributed by atoms with van der Waals surface area (Å²) in [6, 6.07) is 0. The van der Waals surface area contributed by atoms with Crippen LogP contribution in [0.4, 0.5) is 0 Å². The first-order valence-electron chi connectivity index (χ1n) is 7.04. The molecule has 2 rings (SSSR count). The van der Waals surface area contributed by atoms with Crippen molar-refractivity contribution in [3.05, 3.63) is 12.2 Å². The molecular weight excluding hydrogens is 342 g/mol. The maximum atomic E-state index is 11.6. The van der Waals surface area contributed by atoms with Gasteiger partial charge in [0.2, 0.25) is 0 Å². The molecule has 5 nitrogen and oxygen atoms in total. The Morgan fingerprint density at radius 1 is 1.50 bits per heavy atom. The highest BCUT2D eigenvalue weighted by Crippen LogP contribution is 2.29. The lowest BCUT2D eigenvalue weighted by Gasteiger charge is -2.20. The largest absolute Gasteiger partial charge is 0.250 e. The minimum absolute atomic E-state index is 0.239. The second-order valence-corrected chi connectivity index (χ2v) is 8.91. The van der Waals surface area contributed by atoms with Crippen molar-refractivity contribution in [1.29, 1.82) is 0 Å². The predicted molar refractivity (Wildman–Crippen MR) is 82.6 cm³/mol. The van der Waals surface area contributed by atoms with Gasteiger partial charge in [-0.3, -0.25) is 0 Å². The van der Waals surface area contributed by atoms with Crippen molar-refractivity contribution in [3.8, 4) is 0 Å². The van der Waals surface area contributed by atoms with E-state index in [4.69, 9.17) is 0 Å². The summed E-state index contributed by atoms with van der Waals surface area (Å²) in [7, 11) is -2.82. The summed E-state index contributed by atoms with van der Waals surface area (Å²) in [4.78, 5) is 4.35. The van der Waals surface area contributed by atoms with Crippen molar-refractivity contribution in [2.75, 3.05) is 16.8 Å². The van der Waals surface area contributed by atoms with Gasteiger partial charge in [-0.05, 0) is 24.2 Å². The SMILES string of the molecule is CC(C)Cn1ncnc1CC(CBr)C1CCS(=O)(=O)C1. The third-order valence-electron chi connectivity index (χ3n) is 3.81. The summed E-state index contributed by atoms with van der Waals surface area (Å²) in [5.74, 6) is 2.68. The molecule has 7 heteroatoms. The molecular formula is C13H22BrN3O2S. The van der Waals surface area contributed by atoms with E-state index >= 15 is 0 Å². The van der Waals surface area contributed by atoms with Gasteiger partial charge in [0.05, 0.1) is 11.5 Å². The summed E-state index contributed by atoms with van der Waals surface area (Å²) in [5.41, 5.74) is 0. The fourth-order valence-electron chi connectivity index (χ4n) is 2.72. The Morgan fingerprint density at radius 2 is 2.25 bits per heavy atom. The number of rotatable bonds is 6. The Balaban J connectivity index is 2.05.